The maximum Gasteiger partial charge on any atom is 0.131 e. The van der Waals surface area contributed by atoms with Gasteiger partial charge in [-0.2, -0.15) is 0 Å². The lowest BCUT2D eigenvalue weighted by molar-refractivity contribution is 0.415. The molecule has 3 nitrogen and oxygen atoms in total. The molecule has 0 spiro atoms. The summed E-state index contributed by atoms with van der Waals surface area (Å²) in [6, 6.07) is 11.0. The Morgan fingerprint density at radius 3 is 2.87 bits per heavy atom. The number of hydrogen-bond donors (Lipinski definition) is 0. The Morgan fingerprint density at radius 2 is 2.00 bits per heavy atom. The molecule has 0 amide bonds. The van der Waals surface area contributed by atoms with Gasteiger partial charge in [-0.3, -0.25) is 9.98 Å². The van der Waals surface area contributed by atoms with Crippen LogP contribution < -0.4 is 4.74 Å². The van der Waals surface area contributed by atoms with Crippen molar-refractivity contribution in [3.05, 3.63) is 59.5 Å². The second-order valence-electron chi connectivity index (χ2n) is 5.56. The SMILES string of the molecule is COc1ccc2c(-c3cc4c(cc3F)CCN=C4)ccnc2c1. The topological polar surface area (TPSA) is 34.5 Å². The molecule has 3 aromatic rings. The molecule has 4 rings (SSSR count). The zero-order valence-corrected chi connectivity index (χ0v) is 12.7. The second kappa shape index (κ2) is 5.47. The first kappa shape index (κ1) is 13.9. The van der Waals surface area contributed by atoms with Crippen molar-refractivity contribution in [3.63, 3.8) is 0 Å². The number of halogens is 1. The molecule has 2 aromatic carbocycles. The van der Waals surface area contributed by atoms with E-state index in [9.17, 15) is 4.39 Å². The van der Waals surface area contributed by atoms with Crippen LogP contribution >= 0.6 is 0 Å². The maximum absolute atomic E-state index is 14.6. The number of rotatable bonds is 2. The zero-order chi connectivity index (χ0) is 15.8. The number of nitrogens with zero attached hydrogens (tertiary/aromatic N) is 2. The van der Waals surface area contributed by atoms with Crippen LogP contribution in [0.4, 0.5) is 4.39 Å². The molecule has 0 saturated carbocycles. The number of pyridine rings is 1. The molecule has 1 aliphatic heterocycles. The van der Waals surface area contributed by atoms with Crippen molar-refractivity contribution in [3.8, 4) is 16.9 Å². The van der Waals surface area contributed by atoms with Crippen LogP contribution in [0.15, 0.2) is 47.6 Å². The third-order valence-electron chi connectivity index (χ3n) is 4.21. The number of fused-ring (bicyclic) bond motifs is 2. The van der Waals surface area contributed by atoms with Gasteiger partial charge in [0.25, 0.3) is 0 Å². The summed E-state index contributed by atoms with van der Waals surface area (Å²) in [4.78, 5) is 8.66. The minimum Gasteiger partial charge on any atom is -0.497 e. The van der Waals surface area contributed by atoms with E-state index in [0.717, 1.165) is 46.3 Å². The standard InChI is InChI=1S/C19H15FN2O/c1-23-14-2-3-16-15(5-7-22-19(16)10-14)17-8-13-11-21-6-4-12(13)9-18(17)20/h2-3,5,7-11H,4,6H2,1H3. The monoisotopic (exact) mass is 306 g/mol. The Labute approximate surface area is 133 Å². The fourth-order valence-electron chi connectivity index (χ4n) is 3.01. The number of aromatic nitrogens is 1. The molecule has 1 aromatic heterocycles. The first-order chi connectivity index (χ1) is 11.3. The lowest BCUT2D eigenvalue weighted by atomic mass is 9.94. The Hall–Kier alpha value is -2.75. The van der Waals surface area contributed by atoms with Crippen molar-refractivity contribution in [2.24, 2.45) is 4.99 Å². The highest BCUT2D eigenvalue weighted by molar-refractivity contribution is 5.96. The summed E-state index contributed by atoms with van der Waals surface area (Å²) in [6.07, 6.45) is 4.32. The van der Waals surface area contributed by atoms with Gasteiger partial charge in [-0.1, -0.05) is 0 Å². The molecule has 23 heavy (non-hydrogen) atoms. The van der Waals surface area contributed by atoms with E-state index in [1.807, 2.05) is 36.5 Å². The lowest BCUT2D eigenvalue weighted by Crippen LogP contribution is -2.04. The molecule has 0 radical (unpaired) electrons. The molecule has 0 unspecified atom stereocenters. The molecule has 0 saturated heterocycles. The molecule has 2 heterocycles. The molecular weight excluding hydrogens is 291 g/mol. The Kier molecular flexibility index (Phi) is 3.30. The van der Waals surface area contributed by atoms with E-state index < -0.39 is 0 Å². The number of methoxy groups -OCH3 is 1. The van der Waals surface area contributed by atoms with Gasteiger partial charge in [0, 0.05) is 36.0 Å². The smallest absolute Gasteiger partial charge is 0.131 e. The first-order valence-corrected chi connectivity index (χ1v) is 7.51. The maximum atomic E-state index is 14.6. The molecule has 0 atom stereocenters. The van der Waals surface area contributed by atoms with Gasteiger partial charge < -0.3 is 4.74 Å². The highest BCUT2D eigenvalue weighted by Crippen LogP contribution is 2.33. The highest BCUT2D eigenvalue weighted by Gasteiger charge is 2.15. The van der Waals surface area contributed by atoms with Gasteiger partial charge >= 0.3 is 0 Å². The van der Waals surface area contributed by atoms with Crippen molar-refractivity contribution >= 4 is 17.1 Å². The van der Waals surface area contributed by atoms with Crippen molar-refractivity contribution in [2.75, 3.05) is 13.7 Å². The van der Waals surface area contributed by atoms with Gasteiger partial charge in [0.05, 0.1) is 12.6 Å². The molecule has 4 heteroatoms. The highest BCUT2D eigenvalue weighted by atomic mass is 19.1. The number of hydrogen-bond acceptors (Lipinski definition) is 3. The van der Waals surface area contributed by atoms with Crippen LogP contribution in [-0.4, -0.2) is 24.9 Å². The van der Waals surface area contributed by atoms with E-state index in [0.29, 0.717) is 5.56 Å². The van der Waals surface area contributed by atoms with Gasteiger partial charge in [-0.15, -0.1) is 0 Å². The number of aliphatic imine (C=N–C) groups is 1. The van der Waals surface area contributed by atoms with E-state index in [-0.39, 0.29) is 5.82 Å². The predicted molar refractivity (Wildman–Crippen MR) is 89.9 cm³/mol. The van der Waals surface area contributed by atoms with E-state index in [1.165, 1.54) is 0 Å². The Bertz CT molecular complexity index is 934. The largest absolute Gasteiger partial charge is 0.497 e. The van der Waals surface area contributed by atoms with Crippen molar-refractivity contribution in [2.45, 2.75) is 6.42 Å². The predicted octanol–water partition coefficient (Wildman–Crippen LogP) is 4.02. The summed E-state index contributed by atoms with van der Waals surface area (Å²) >= 11 is 0. The summed E-state index contributed by atoms with van der Waals surface area (Å²) in [5.74, 6) is 0.530. The van der Waals surface area contributed by atoms with E-state index >= 15 is 0 Å². The molecule has 0 aliphatic carbocycles. The van der Waals surface area contributed by atoms with Crippen LogP contribution in [0, 0.1) is 5.82 Å². The second-order valence-corrected chi connectivity index (χ2v) is 5.56. The average Bonchev–Trinajstić information content (AvgIpc) is 2.60. The van der Waals surface area contributed by atoms with Crippen LogP contribution in [0.5, 0.6) is 5.75 Å². The molecule has 0 fully saturated rings. The van der Waals surface area contributed by atoms with E-state index in [4.69, 9.17) is 4.74 Å². The fourth-order valence-corrected chi connectivity index (χ4v) is 3.01. The summed E-state index contributed by atoms with van der Waals surface area (Å²) < 4.78 is 19.9. The normalized spacial score (nSPS) is 13.1. The zero-order valence-electron chi connectivity index (χ0n) is 12.7. The third kappa shape index (κ3) is 2.36. The number of benzene rings is 2. The molecule has 0 N–H and O–H groups in total. The summed E-state index contributed by atoms with van der Waals surface area (Å²) in [5, 5.41) is 0.903. The third-order valence-corrected chi connectivity index (χ3v) is 4.21. The Balaban J connectivity index is 1.94. The van der Waals surface area contributed by atoms with Gasteiger partial charge in [0.15, 0.2) is 0 Å². The quantitative estimate of drug-likeness (QED) is 0.716. The number of ether oxygens (including phenoxy) is 1. The van der Waals surface area contributed by atoms with Crippen LogP contribution in [-0.2, 0) is 6.42 Å². The van der Waals surface area contributed by atoms with Crippen LogP contribution in [0.2, 0.25) is 0 Å². The Morgan fingerprint density at radius 1 is 1.09 bits per heavy atom. The summed E-state index contributed by atoms with van der Waals surface area (Å²) in [6.45, 7) is 0.726. The van der Waals surface area contributed by atoms with Gasteiger partial charge in [0.2, 0.25) is 0 Å². The van der Waals surface area contributed by atoms with Crippen molar-refractivity contribution in [1.82, 2.24) is 4.98 Å². The van der Waals surface area contributed by atoms with Crippen molar-refractivity contribution in [1.29, 1.82) is 0 Å². The van der Waals surface area contributed by atoms with Crippen molar-refractivity contribution < 1.29 is 9.13 Å². The van der Waals surface area contributed by atoms with Crippen LogP contribution in [0.1, 0.15) is 11.1 Å². The van der Waals surface area contributed by atoms with Gasteiger partial charge in [-0.05, 0) is 53.4 Å². The summed E-state index contributed by atoms with van der Waals surface area (Å²) in [5.41, 5.74) is 4.20. The average molecular weight is 306 g/mol. The van der Waals surface area contributed by atoms with E-state index in [2.05, 4.69) is 9.98 Å². The fraction of sp³-hybridized carbons (Fsp3) is 0.158. The molecular formula is C19H15FN2O. The molecule has 1 aliphatic rings. The molecule has 114 valence electrons. The van der Waals surface area contributed by atoms with Crippen LogP contribution in [0.3, 0.4) is 0 Å². The minimum atomic E-state index is -0.206. The molecule has 0 bridgehead atoms. The lowest BCUT2D eigenvalue weighted by Gasteiger charge is -2.14. The minimum absolute atomic E-state index is 0.206. The van der Waals surface area contributed by atoms with Gasteiger partial charge in [-0.25, -0.2) is 4.39 Å². The first-order valence-electron chi connectivity index (χ1n) is 7.51. The van der Waals surface area contributed by atoms with E-state index in [1.54, 1.807) is 19.4 Å². The van der Waals surface area contributed by atoms with Crippen LogP contribution in [0.25, 0.3) is 22.0 Å². The summed E-state index contributed by atoms with van der Waals surface area (Å²) in [7, 11) is 1.62. The van der Waals surface area contributed by atoms with Gasteiger partial charge in [0.1, 0.15) is 11.6 Å².